The maximum atomic E-state index is 12.9. The van der Waals surface area contributed by atoms with Gasteiger partial charge in [0.25, 0.3) is 5.91 Å². The number of hydrogen-bond acceptors (Lipinski definition) is 4. The standard InChI is InChI=1S/C17H18F3N5O/c1-11-5-13(7-14(6-11)17(18,19)20)16-21-10-24(23-16)4-3-15(26)22-25-8-12(2)9-25/h3-7,10,12H,8-9H2,1-2H3,(H,22,26)/b4-3-. The first kappa shape index (κ1) is 18.1. The highest BCUT2D eigenvalue weighted by atomic mass is 19.4. The molecule has 0 saturated carbocycles. The van der Waals surface area contributed by atoms with Crippen LogP contribution in [0.3, 0.4) is 0 Å². The molecule has 1 N–H and O–H groups in total. The fraction of sp³-hybridized carbons (Fsp3) is 0.353. The van der Waals surface area contributed by atoms with Gasteiger partial charge in [0.2, 0.25) is 0 Å². The van der Waals surface area contributed by atoms with Crippen LogP contribution < -0.4 is 5.43 Å². The second kappa shape index (κ2) is 6.91. The Hall–Kier alpha value is -2.68. The SMILES string of the molecule is Cc1cc(-c2ncn(/C=C\C(=O)NN3CC(C)C3)n2)cc(C(F)(F)F)c1. The third-order valence-electron chi connectivity index (χ3n) is 3.88. The Bertz CT molecular complexity index is 837. The van der Waals surface area contributed by atoms with E-state index in [1.165, 1.54) is 23.3 Å². The number of hydrogen-bond donors (Lipinski definition) is 1. The number of rotatable bonds is 4. The molecule has 1 fully saturated rings. The third kappa shape index (κ3) is 4.29. The molecule has 1 amide bonds. The summed E-state index contributed by atoms with van der Waals surface area (Å²) in [5.41, 5.74) is 2.69. The summed E-state index contributed by atoms with van der Waals surface area (Å²) >= 11 is 0. The van der Waals surface area contributed by atoms with Gasteiger partial charge in [-0.1, -0.05) is 6.92 Å². The summed E-state index contributed by atoms with van der Waals surface area (Å²) in [6.45, 7) is 5.28. The lowest BCUT2D eigenvalue weighted by atomic mass is 10.1. The molecule has 1 aromatic heterocycles. The predicted molar refractivity (Wildman–Crippen MR) is 89.4 cm³/mol. The van der Waals surface area contributed by atoms with Crippen molar-refractivity contribution in [1.29, 1.82) is 0 Å². The molecular formula is C17H18F3N5O. The van der Waals surface area contributed by atoms with Gasteiger partial charge in [-0.05, 0) is 36.6 Å². The number of nitrogens with zero attached hydrogens (tertiary/aromatic N) is 4. The number of aryl methyl sites for hydroxylation is 1. The fourth-order valence-electron chi connectivity index (χ4n) is 2.68. The van der Waals surface area contributed by atoms with E-state index in [1.807, 2.05) is 0 Å². The Morgan fingerprint density at radius 3 is 2.69 bits per heavy atom. The van der Waals surface area contributed by atoms with Gasteiger partial charge >= 0.3 is 6.18 Å². The molecule has 1 saturated heterocycles. The average Bonchev–Trinajstić information content (AvgIpc) is 2.99. The van der Waals surface area contributed by atoms with Crippen molar-refractivity contribution in [3.8, 4) is 11.4 Å². The first-order chi connectivity index (χ1) is 12.2. The summed E-state index contributed by atoms with van der Waals surface area (Å²) in [4.78, 5) is 15.8. The predicted octanol–water partition coefficient (Wildman–Crippen LogP) is 2.73. The van der Waals surface area contributed by atoms with Crippen LogP contribution in [0, 0.1) is 12.8 Å². The molecule has 3 rings (SSSR count). The van der Waals surface area contributed by atoms with Gasteiger partial charge in [-0.2, -0.15) is 13.2 Å². The zero-order valence-electron chi connectivity index (χ0n) is 14.3. The van der Waals surface area contributed by atoms with Crippen LogP contribution in [-0.4, -0.2) is 38.8 Å². The van der Waals surface area contributed by atoms with Crippen LogP contribution in [0.4, 0.5) is 13.2 Å². The lowest BCUT2D eigenvalue weighted by Crippen LogP contribution is -2.54. The molecule has 2 heterocycles. The van der Waals surface area contributed by atoms with E-state index >= 15 is 0 Å². The number of amides is 1. The van der Waals surface area contributed by atoms with Crippen LogP contribution in [0.25, 0.3) is 17.6 Å². The second-order valence-corrected chi connectivity index (χ2v) is 6.44. The highest BCUT2D eigenvalue weighted by molar-refractivity contribution is 5.89. The van der Waals surface area contributed by atoms with E-state index in [1.54, 1.807) is 18.0 Å². The van der Waals surface area contributed by atoms with Crippen LogP contribution in [-0.2, 0) is 11.0 Å². The minimum Gasteiger partial charge on any atom is -0.285 e. The number of halogens is 3. The van der Waals surface area contributed by atoms with Crippen molar-refractivity contribution in [2.75, 3.05) is 13.1 Å². The molecule has 2 aromatic rings. The summed E-state index contributed by atoms with van der Waals surface area (Å²) < 4.78 is 40.1. The van der Waals surface area contributed by atoms with Crippen molar-refractivity contribution in [2.45, 2.75) is 20.0 Å². The number of carbonyl (C=O) groups excluding carboxylic acids is 1. The van der Waals surface area contributed by atoms with E-state index in [2.05, 4.69) is 22.4 Å². The van der Waals surface area contributed by atoms with Crippen LogP contribution >= 0.6 is 0 Å². The Morgan fingerprint density at radius 2 is 2.04 bits per heavy atom. The largest absolute Gasteiger partial charge is 0.416 e. The van der Waals surface area contributed by atoms with Crippen molar-refractivity contribution >= 4 is 12.1 Å². The minimum absolute atomic E-state index is 0.154. The molecule has 26 heavy (non-hydrogen) atoms. The minimum atomic E-state index is -4.43. The molecular weight excluding hydrogens is 347 g/mol. The molecule has 9 heteroatoms. The van der Waals surface area contributed by atoms with E-state index in [9.17, 15) is 18.0 Å². The van der Waals surface area contributed by atoms with Gasteiger partial charge in [-0.15, -0.1) is 5.10 Å². The fourth-order valence-corrected chi connectivity index (χ4v) is 2.68. The summed E-state index contributed by atoms with van der Waals surface area (Å²) in [5.74, 6) is 0.415. The Morgan fingerprint density at radius 1 is 1.31 bits per heavy atom. The van der Waals surface area contributed by atoms with Crippen molar-refractivity contribution < 1.29 is 18.0 Å². The summed E-state index contributed by atoms with van der Waals surface area (Å²) in [6.07, 6.45) is -0.412. The van der Waals surface area contributed by atoms with E-state index in [0.29, 0.717) is 11.5 Å². The van der Waals surface area contributed by atoms with Crippen molar-refractivity contribution in [1.82, 2.24) is 25.2 Å². The Kier molecular flexibility index (Phi) is 4.82. The van der Waals surface area contributed by atoms with E-state index in [-0.39, 0.29) is 17.3 Å². The van der Waals surface area contributed by atoms with Gasteiger partial charge in [-0.3, -0.25) is 10.2 Å². The van der Waals surface area contributed by atoms with Crippen LogP contribution in [0.5, 0.6) is 0 Å². The van der Waals surface area contributed by atoms with Gasteiger partial charge in [0.1, 0.15) is 6.33 Å². The quantitative estimate of drug-likeness (QED) is 0.847. The Labute approximate surface area is 148 Å². The summed E-state index contributed by atoms with van der Waals surface area (Å²) in [5, 5.41) is 5.90. The topological polar surface area (TPSA) is 63.1 Å². The van der Waals surface area contributed by atoms with Crippen molar-refractivity contribution in [3.63, 3.8) is 0 Å². The zero-order chi connectivity index (χ0) is 18.9. The highest BCUT2D eigenvalue weighted by Crippen LogP contribution is 2.32. The lowest BCUT2D eigenvalue weighted by Gasteiger charge is -2.36. The highest BCUT2D eigenvalue weighted by Gasteiger charge is 2.31. The molecule has 0 spiro atoms. The normalized spacial score (nSPS) is 16.0. The maximum Gasteiger partial charge on any atom is 0.416 e. The van der Waals surface area contributed by atoms with E-state index < -0.39 is 11.7 Å². The molecule has 1 aliphatic heterocycles. The average molecular weight is 365 g/mol. The molecule has 6 nitrogen and oxygen atoms in total. The molecule has 0 atom stereocenters. The molecule has 0 radical (unpaired) electrons. The number of carbonyl (C=O) groups is 1. The van der Waals surface area contributed by atoms with Crippen molar-refractivity contribution in [2.24, 2.45) is 5.92 Å². The molecule has 1 aromatic carbocycles. The molecule has 138 valence electrons. The second-order valence-electron chi connectivity index (χ2n) is 6.44. The first-order valence-corrected chi connectivity index (χ1v) is 8.05. The number of alkyl halides is 3. The first-order valence-electron chi connectivity index (χ1n) is 8.05. The van der Waals surface area contributed by atoms with Gasteiger partial charge in [0.15, 0.2) is 5.82 Å². The number of aromatic nitrogens is 3. The Balaban J connectivity index is 1.71. The van der Waals surface area contributed by atoms with Crippen LogP contribution in [0.2, 0.25) is 0 Å². The number of nitrogens with one attached hydrogen (secondary N) is 1. The smallest absolute Gasteiger partial charge is 0.285 e. The summed E-state index contributed by atoms with van der Waals surface area (Å²) in [7, 11) is 0. The number of benzene rings is 1. The monoisotopic (exact) mass is 365 g/mol. The van der Waals surface area contributed by atoms with E-state index in [0.717, 1.165) is 25.2 Å². The third-order valence-corrected chi connectivity index (χ3v) is 3.88. The molecule has 0 unspecified atom stereocenters. The molecule has 0 aliphatic carbocycles. The molecule has 1 aliphatic rings. The zero-order valence-corrected chi connectivity index (χ0v) is 14.3. The number of hydrazine groups is 1. The van der Waals surface area contributed by atoms with Crippen LogP contribution in [0.15, 0.2) is 30.6 Å². The summed E-state index contributed by atoms with van der Waals surface area (Å²) in [6, 6.07) is 3.66. The molecule has 0 bridgehead atoms. The maximum absolute atomic E-state index is 12.9. The van der Waals surface area contributed by atoms with Crippen molar-refractivity contribution in [3.05, 3.63) is 41.7 Å². The van der Waals surface area contributed by atoms with Gasteiger partial charge in [-0.25, -0.2) is 14.7 Å². The van der Waals surface area contributed by atoms with Gasteiger partial charge in [0, 0.05) is 30.9 Å². The van der Waals surface area contributed by atoms with Gasteiger partial charge in [0.05, 0.1) is 5.56 Å². The van der Waals surface area contributed by atoms with Gasteiger partial charge < -0.3 is 0 Å². The lowest BCUT2D eigenvalue weighted by molar-refractivity contribution is -0.137. The van der Waals surface area contributed by atoms with E-state index in [4.69, 9.17) is 0 Å². The van der Waals surface area contributed by atoms with Crippen LogP contribution in [0.1, 0.15) is 18.1 Å².